The van der Waals surface area contributed by atoms with Crippen molar-refractivity contribution >= 4 is 22.3 Å². The van der Waals surface area contributed by atoms with Gasteiger partial charge in [0.25, 0.3) is 0 Å². The first-order chi connectivity index (χ1) is 11.8. The van der Waals surface area contributed by atoms with E-state index in [1.54, 1.807) is 24.8 Å². The molecular weight excluding hydrogens is 300 g/mol. The van der Waals surface area contributed by atoms with Gasteiger partial charge >= 0.3 is 0 Å². The summed E-state index contributed by atoms with van der Waals surface area (Å²) in [5, 5.41) is 13.9. The molecule has 0 saturated carbocycles. The monoisotopic (exact) mass is 312 g/mol. The molecule has 6 nitrogen and oxygen atoms in total. The first-order valence-corrected chi connectivity index (χ1v) is 7.33. The molecule has 0 bridgehead atoms. The van der Waals surface area contributed by atoms with E-state index in [2.05, 4.69) is 31.3 Å². The average Bonchev–Trinajstić information content (AvgIpc) is 3.10. The van der Waals surface area contributed by atoms with Gasteiger partial charge in [-0.25, -0.2) is 9.97 Å². The van der Waals surface area contributed by atoms with Gasteiger partial charge in [0.2, 0.25) is 0 Å². The number of H-pyrrole nitrogens is 1. The Morgan fingerprint density at radius 1 is 1.00 bits per heavy atom. The molecule has 0 aliphatic carbocycles. The molecule has 0 unspecified atom stereocenters. The Balaban J connectivity index is 1.83. The molecule has 4 rings (SSSR count). The first kappa shape index (κ1) is 13.9. The molecule has 0 aliphatic rings. The van der Waals surface area contributed by atoms with E-state index in [9.17, 15) is 5.26 Å². The van der Waals surface area contributed by atoms with Gasteiger partial charge in [-0.05, 0) is 24.3 Å². The van der Waals surface area contributed by atoms with Crippen LogP contribution in [0.15, 0.2) is 61.6 Å². The highest BCUT2D eigenvalue weighted by atomic mass is 14.9. The van der Waals surface area contributed by atoms with Crippen LogP contribution >= 0.6 is 0 Å². The van der Waals surface area contributed by atoms with E-state index in [0.29, 0.717) is 11.3 Å². The van der Waals surface area contributed by atoms with Crippen LogP contribution in [0, 0.1) is 11.3 Å². The quantitative estimate of drug-likeness (QED) is 0.603. The summed E-state index contributed by atoms with van der Waals surface area (Å²) in [6.07, 6.45) is 10.0. The van der Waals surface area contributed by atoms with Crippen molar-refractivity contribution < 1.29 is 0 Å². The Bertz CT molecular complexity index is 1050. The van der Waals surface area contributed by atoms with Crippen molar-refractivity contribution in [1.29, 1.82) is 5.26 Å². The number of aromatic nitrogens is 4. The number of rotatable bonds is 3. The summed E-state index contributed by atoms with van der Waals surface area (Å²) in [6.45, 7) is 0. The molecule has 0 amide bonds. The predicted octanol–water partition coefficient (Wildman–Crippen LogP) is 3.64. The number of benzene rings is 1. The smallest absolute Gasteiger partial charge is 0.115 e. The van der Waals surface area contributed by atoms with Crippen molar-refractivity contribution in [3.8, 4) is 17.2 Å². The largest absolute Gasteiger partial charge is 0.361 e. The molecule has 6 heteroatoms. The minimum absolute atomic E-state index is 0.463. The zero-order valence-electron chi connectivity index (χ0n) is 12.6. The van der Waals surface area contributed by atoms with Gasteiger partial charge in [0.05, 0.1) is 11.3 Å². The standard InChI is InChI=1S/C18H12N6/c19-6-13-7-20-10-16(14-8-21-11-22-9-14)18(13)24-15-1-2-17-12(5-15)3-4-23-17/h1-5,7-11,23H,(H,20,24). The van der Waals surface area contributed by atoms with Gasteiger partial charge < -0.3 is 10.3 Å². The van der Waals surface area contributed by atoms with Crippen LogP contribution in [0.25, 0.3) is 22.0 Å². The third-order valence-electron chi connectivity index (χ3n) is 3.76. The van der Waals surface area contributed by atoms with E-state index >= 15 is 0 Å². The van der Waals surface area contributed by atoms with Gasteiger partial charge in [-0.15, -0.1) is 0 Å². The number of hydrogen-bond donors (Lipinski definition) is 2. The lowest BCUT2D eigenvalue weighted by atomic mass is 10.1. The fourth-order valence-corrected chi connectivity index (χ4v) is 2.61. The maximum absolute atomic E-state index is 9.44. The SMILES string of the molecule is N#Cc1cncc(-c2cncnc2)c1Nc1ccc2[nH]ccc2c1. The van der Waals surface area contributed by atoms with Crippen molar-refractivity contribution in [3.05, 3.63) is 67.1 Å². The molecule has 0 saturated heterocycles. The van der Waals surface area contributed by atoms with Crippen LogP contribution in [0.4, 0.5) is 11.4 Å². The molecule has 0 aliphatic heterocycles. The van der Waals surface area contributed by atoms with Crippen molar-refractivity contribution in [2.75, 3.05) is 5.32 Å². The first-order valence-electron chi connectivity index (χ1n) is 7.33. The zero-order chi connectivity index (χ0) is 16.4. The summed E-state index contributed by atoms with van der Waals surface area (Å²) in [4.78, 5) is 15.4. The molecule has 0 fully saturated rings. The van der Waals surface area contributed by atoms with Gasteiger partial charge in [-0.2, -0.15) is 5.26 Å². The number of aromatic amines is 1. The Labute approximate surface area is 137 Å². The van der Waals surface area contributed by atoms with E-state index in [-0.39, 0.29) is 0 Å². The number of fused-ring (bicyclic) bond motifs is 1. The van der Waals surface area contributed by atoms with Crippen LogP contribution in [0.3, 0.4) is 0 Å². The summed E-state index contributed by atoms with van der Waals surface area (Å²) in [5.41, 5.74) is 4.69. The number of nitriles is 1. The summed E-state index contributed by atoms with van der Waals surface area (Å²) in [7, 11) is 0. The summed E-state index contributed by atoms with van der Waals surface area (Å²) < 4.78 is 0. The predicted molar refractivity (Wildman–Crippen MR) is 91.6 cm³/mol. The summed E-state index contributed by atoms with van der Waals surface area (Å²) >= 11 is 0. The molecule has 0 spiro atoms. The maximum Gasteiger partial charge on any atom is 0.115 e. The van der Waals surface area contributed by atoms with Crippen LogP contribution in [-0.4, -0.2) is 19.9 Å². The van der Waals surface area contributed by atoms with Gasteiger partial charge in [0.15, 0.2) is 0 Å². The normalized spacial score (nSPS) is 10.5. The van der Waals surface area contributed by atoms with Crippen molar-refractivity contribution in [1.82, 2.24) is 19.9 Å². The molecular formula is C18H12N6. The zero-order valence-corrected chi connectivity index (χ0v) is 12.6. The van der Waals surface area contributed by atoms with Gasteiger partial charge in [0.1, 0.15) is 12.4 Å². The van der Waals surface area contributed by atoms with E-state index in [0.717, 1.165) is 27.7 Å². The lowest BCUT2D eigenvalue weighted by molar-refractivity contribution is 1.17. The fourth-order valence-electron chi connectivity index (χ4n) is 2.61. The number of pyridine rings is 1. The van der Waals surface area contributed by atoms with Crippen molar-refractivity contribution in [2.24, 2.45) is 0 Å². The lowest BCUT2D eigenvalue weighted by Crippen LogP contribution is -1.98. The van der Waals surface area contributed by atoms with Crippen molar-refractivity contribution in [2.45, 2.75) is 0 Å². The Kier molecular flexibility index (Phi) is 3.37. The number of hydrogen-bond acceptors (Lipinski definition) is 5. The van der Waals surface area contributed by atoms with E-state index in [1.807, 2.05) is 30.5 Å². The number of nitrogens with zero attached hydrogens (tertiary/aromatic N) is 4. The third kappa shape index (κ3) is 2.44. The highest BCUT2D eigenvalue weighted by molar-refractivity contribution is 5.88. The second kappa shape index (κ2) is 5.82. The molecule has 2 N–H and O–H groups in total. The van der Waals surface area contributed by atoms with Gasteiger partial charge in [-0.3, -0.25) is 4.98 Å². The summed E-state index contributed by atoms with van der Waals surface area (Å²) in [6, 6.07) is 10.2. The van der Waals surface area contributed by atoms with E-state index < -0.39 is 0 Å². The van der Waals surface area contributed by atoms with E-state index in [4.69, 9.17) is 0 Å². The maximum atomic E-state index is 9.44. The lowest BCUT2D eigenvalue weighted by Gasteiger charge is -2.13. The molecule has 0 radical (unpaired) electrons. The van der Waals surface area contributed by atoms with Crippen LogP contribution < -0.4 is 5.32 Å². The van der Waals surface area contributed by atoms with Crippen molar-refractivity contribution in [3.63, 3.8) is 0 Å². The van der Waals surface area contributed by atoms with E-state index in [1.165, 1.54) is 6.33 Å². The molecule has 24 heavy (non-hydrogen) atoms. The third-order valence-corrected chi connectivity index (χ3v) is 3.76. The molecule has 1 aromatic carbocycles. The highest BCUT2D eigenvalue weighted by Crippen LogP contribution is 2.32. The molecule has 0 atom stereocenters. The van der Waals surface area contributed by atoms with Crippen LogP contribution in [0.5, 0.6) is 0 Å². The number of nitrogens with one attached hydrogen (secondary N) is 2. The Hall–Kier alpha value is -3.72. The minimum Gasteiger partial charge on any atom is -0.361 e. The second-order valence-electron chi connectivity index (χ2n) is 5.25. The highest BCUT2D eigenvalue weighted by Gasteiger charge is 2.12. The molecule has 114 valence electrons. The minimum atomic E-state index is 0.463. The summed E-state index contributed by atoms with van der Waals surface area (Å²) in [5.74, 6) is 0. The van der Waals surface area contributed by atoms with Gasteiger partial charge in [0, 0.05) is 58.7 Å². The second-order valence-corrected chi connectivity index (χ2v) is 5.25. The number of anilines is 2. The Morgan fingerprint density at radius 2 is 1.88 bits per heavy atom. The fraction of sp³-hybridized carbons (Fsp3) is 0. The topological polar surface area (TPSA) is 90.3 Å². The molecule has 3 heterocycles. The van der Waals surface area contributed by atoms with Gasteiger partial charge in [-0.1, -0.05) is 0 Å². The average molecular weight is 312 g/mol. The van der Waals surface area contributed by atoms with Crippen LogP contribution in [0.2, 0.25) is 0 Å². The molecule has 4 aromatic rings. The molecule has 3 aromatic heterocycles. The Morgan fingerprint density at radius 3 is 2.71 bits per heavy atom. The van der Waals surface area contributed by atoms with Crippen LogP contribution in [0.1, 0.15) is 5.56 Å². The van der Waals surface area contributed by atoms with Crippen LogP contribution in [-0.2, 0) is 0 Å².